The average molecular weight is 394 g/mol. The number of carbonyl (C=O) groups excluding carboxylic acids is 2. The Kier molecular flexibility index (Phi) is 6.68. The summed E-state index contributed by atoms with van der Waals surface area (Å²) >= 11 is 0. The van der Waals surface area contributed by atoms with E-state index >= 15 is 0 Å². The summed E-state index contributed by atoms with van der Waals surface area (Å²) in [6.07, 6.45) is 1.69. The van der Waals surface area contributed by atoms with Gasteiger partial charge in [-0.1, -0.05) is 30.3 Å². The maximum absolute atomic E-state index is 13.6. The van der Waals surface area contributed by atoms with E-state index in [2.05, 4.69) is 10.6 Å². The van der Waals surface area contributed by atoms with Gasteiger partial charge in [0.1, 0.15) is 11.6 Å². The first-order valence-electron chi connectivity index (χ1n) is 9.21. The van der Waals surface area contributed by atoms with Crippen molar-refractivity contribution in [3.8, 4) is 0 Å². The Hall–Kier alpha value is -3.54. The predicted molar refractivity (Wildman–Crippen MR) is 108 cm³/mol. The number of aryl methyl sites for hydroxylation is 1. The second kappa shape index (κ2) is 9.59. The molecular formula is C23H20F2N2O2. The lowest BCUT2D eigenvalue weighted by atomic mass is 10.1. The molecule has 3 aromatic rings. The number of benzene rings is 3. The lowest BCUT2D eigenvalue weighted by molar-refractivity contribution is 0.0951. The van der Waals surface area contributed by atoms with Crippen molar-refractivity contribution in [1.82, 2.24) is 5.32 Å². The second-order valence-corrected chi connectivity index (χ2v) is 6.50. The fourth-order valence-corrected chi connectivity index (χ4v) is 2.80. The van der Waals surface area contributed by atoms with Crippen LogP contribution in [0.4, 0.5) is 14.5 Å². The minimum absolute atomic E-state index is 0.114. The third kappa shape index (κ3) is 5.72. The predicted octanol–water partition coefficient (Wildman–Crippen LogP) is 4.58. The molecule has 4 nitrogen and oxygen atoms in total. The van der Waals surface area contributed by atoms with E-state index < -0.39 is 17.5 Å². The molecule has 6 heteroatoms. The summed E-state index contributed by atoms with van der Waals surface area (Å²) in [6.45, 7) is 0.541. The summed E-state index contributed by atoms with van der Waals surface area (Å²) in [5.74, 6) is -2.36. The summed E-state index contributed by atoms with van der Waals surface area (Å²) in [4.78, 5) is 24.4. The normalized spacial score (nSPS) is 10.4. The first-order valence-corrected chi connectivity index (χ1v) is 9.21. The van der Waals surface area contributed by atoms with Gasteiger partial charge in [0, 0.05) is 23.7 Å². The van der Waals surface area contributed by atoms with Crippen LogP contribution in [-0.4, -0.2) is 18.4 Å². The van der Waals surface area contributed by atoms with E-state index in [-0.39, 0.29) is 17.2 Å². The molecule has 0 aliphatic carbocycles. The molecule has 0 aromatic heterocycles. The standard InChI is InChI=1S/C23H20F2N2O2/c24-19-12-13-21(20(25)15-19)27-23(29)18-10-8-17(9-11-18)22(28)26-14-4-7-16-5-2-1-3-6-16/h1-3,5-6,8-13,15H,4,7,14H2,(H,26,28)(H,27,29). The van der Waals surface area contributed by atoms with Gasteiger partial charge >= 0.3 is 0 Å². The van der Waals surface area contributed by atoms with Gasteiger partial charge in [0.25, 0.3) is 11.8 Å². The molecule has 0 atom stereocenters. The number of carbonyl (C=O) groups is 2. The monoisotopic (exact) mass is 394 g/mol. The van der Waals surface area contributed by atoms with Crippen molar-refractivity contribution in [2.24, 2.45) is 0 Å². The minimum atomic E-state index is -0.857. The molecule has 0 radical (unpaired) electrons. The van der Waals surface area contributed by atoms with E-state index in [9.17, 15) is 18.4 Å². The summed E-state index contributed by atoms with van der Waals surface area (Å²) in [5, 5.41) is 5.22. The molecule has 2 amide bonds. The van der Waals surface area contributed by atoms with Crippen molar-refractivity contribution in [2.45, 2.75) is 12.8 Å². The molecule has 0 fully saturated rings. The number of hydrogen-bond acceptors (Lipinski definition) is 2. The summed E-state index contributed by atoms with van der Waals surface area (Å²) in [5.41, 5.74) is 1.79. The quantitative estimate of drug-likeness (QED) is 0.577. The third-order valence-electron chi connectivity index (χ3n) is 4.36. The molecule has 148 valence electrons. The fourth-order valence-electron chi connectivity index (χ4n) is 2.80. The van der Waals surface area contributed by atoms with E-state index in [0.29, 0.717) is 18.2 Å². The zero-order valence-electron chi connectivity index (χ0n) is 15.6. The van der Waals surface area contributed by atoms with Crippen LogP contribution >= 0.6 is 0 Å². The molecule has 0 aliphatic heterocycles. The number of hydrogen-bond donors (Lipinski definition) is 2. The van der Waals surface area contributed by atoms with Crippen molar-refractivity contribution in [3.63, 3.8) is 0 Å². The fraction of sp³-hybridized carbons (Fsp3) is 0.130. The molecule has 0 bridgehead atoms. The molecule has 0 heterocycles. The third-order valence-corrected chi connectivity index (χ3v) is 4.36. The van der Waals surface area contributed by atoms with Gasteiger partial charge < -0.3 is 10.6 Å². The Morgan fingerprint density at radius 2 is 1.45 bits per heavy atom. The van der Waals surface area contributed by atoms with Crippen LogP contribution in [0.15, 0.2) is 72.8 Å². The molecule has 0 unspecified atom stereocenters. The van der Waals surface area contributed by atoms with Gasteiger partial charge in [0.05, 0.1) is 5.69 Å². The number of nitrogens with one attached hydrogen (secondary N) is 2. The Balaban J connectivity index is 1.50. The summed E-state index contributed by atoms with van der Waals surface area (Å²) < 4.78 is 26.6. The molecule has 2 N–H and O–H groups in total. The first kappa shape index (κ1) is 20.2. The van der Waals surface area contributed by atoms with Crippen LogP contribution in [0.1, 0.15) is 32.7 Å². The molecule has 0 spiro atoms. The lowest BCUT2D eigenvalue weighted by Crippen LogP contribution is -2.24. The first-order chi connectivity index (χ1) is 14.0. The summed E-state index contributed by atoms with van der Waals surface area (Å²) in [6, 6.07) is 18.9. The lowest BCUT2D eigenvalue weighted by Gasteiger charge is -2.08. The van der Waals surface area contributed by atoms with Crippen LogP contribution in [0.25, 0.3) is 0 Å². The zero-order valence-corrected chi connectivity index (χ0v) is 15.6. The molecule has 29 heavy (non-hydrogen) atoms. The Morgan fingerprint density at radius 3 is 2.10 bits per heavy atom. The Bertz CT molecular complexity index is 990. The van der Waals surface area contributed by atoms with Gasteiger partial charge in [0.2, 0.25) is 0 Å². The highest BCUT2D eigenvalue weighted by Crippen LogP contribution is 2.16. The van der Waals surface area contributed by atoms with Crippen LogP contribution in [0.5, 0.6) is 0 Å². The Morgan fingerprint density at radius 1 is 0.793 bits per heavy atom. The van der Waals surface area contributed by atoms with Gasteiger partial charge in [-0.05, 0) is 54.8 Å². The topological polar surface area (TPSA) is 58.2 Å². The number of halogens is 2. The van der Waals surface area contributed by atoms with E-state index in [1.807, 2.05) is 30.3 Å². The minimum Gasteiger partial charge on any atom is -0.352 e. The molecule has 0 saturated heterocycles. The SMILES string of the molecule is O=C(NCCCc1ccccc1)c1ccc(C(=O)Nc2ccc(F)cc2F)cc1. The van der Waals surface area contributed by atoms with Crippen molar-refractivity contribution in [3.05, 3.63) is 101 Å². The van der Waals surface area contributed by atoms with Gasteiger partial charge in [-0.3, -0.25) is 9.59 Å². The zero-order chi connectivity index (χ0) is 20.6. The molecule has 3 rings (SSSR count). The number of anilines is 1. The van der Waals surface area contributed by atoms with Crippen LogP contribution in [-0.2, 0) is 6.42 Å². The van der Waals surface area contributed by atoms with E-state index in [4.69, 9.17) is 0 Å². The second-order valence-electron chi connectivity index (χ2n) is 6.50. The van der Waals surface area contributed by atoms with E-state index in [1.54, 1.807) is 0 Å². The average Bonchev–Trinajstić information content (AvgIpc) is 2.74. The van der Waals surface area contributed by atoms with Gasteiger partial charge in [-0.15, -0.1) is 0 Å². The smallest absolute Gasteiger partial charge is 0.255 e. The highest BCUT2D eigenvalue weighted by molar-refractivity contribution is 6.05. The molecule has 0 aliphatic rings. The van der Waals surface area contributed by atoms with Crippen molar-refractivity contribution in [1.29, 1.82) is 0 Å². The highest BCUT2D eigenvalue weighted by atomic mass is 19.1. The maximum Gasteiger partial charge on any atom is 0.255 e. The summed E-state index contributed by atoms with van der Waals surface area (Å²) in [7, 11) is 0. The molecule has 0 saturated carbocycles. The maximum atomic E-state index is 13.6. The largest absolute Gasteiger partial charge is 0.352 e. The van der Waals surface area contributed by atoms with E-state index in [0.717, 1.165) is 25.0 Å². The van der Waals surface area contributed by atoms with Gasteiger partial charge in [0.15, 0.2) is 0 Å². The molecule has 3 aromatic carbocycles. The number of rotatable bonds is 7. The van der Waals surface area contributed by atoms with Gasteiger partial charge in [-0.25, -0.2) is 8.78 Å². The van der Waals surface area contributed by atoms with Crippen LogP contribution in [0.2, 0.25) is 0 Å². The Labute approximate surface area is 167 Å². The number of amides is 2. The van der Waals surface area contributed by atoms with Crippen molar-refractivity contribution in [2.75, 3.05) is 11.9 Å². The molecular weight excluding hydrogens is 374 g/mol. The highest BCUT2D eigenvalue weighted by Gasteiger charge is 2.11. The van der Waals surface area contributed by atoms with Crippen molar-refractivity contribution < 1.29 is 18.4 Å². The van der Waals surface area contributed by atoms with Crippen molar-refractivity contribution >= 4 is 17.5 Å². The van der Waals surface area contributed by atoms with E-state index in [1.165, 1.54) is 29.8 Å². The van der Waals surface area contributed by atoms with Crippen LogP contribution in [0, 0.1) is 11.6 Å². The van der Waals surface area contributed by atoms with Crippen LogP contribution in [0.3, 0.4) is 0 Å². The van der Waals surface area contributed by atoms with Gasteiger partial charge in [-0.2, -0.15) is 0 Å². The van der Waals surface area contributed by atoms with Crippen LogP contribution < -0.4 is 10.6 Å².